The Kier molecular flexibility index (Phi) is 7.84. The van der Waals surface area contributed by atoms with Gasteiger partial charge >= 0.3 is 0 Å². The summed E-state index contributed by atoms with van der Waals surface area (Å²) >= 11 is 0. The number of piperazine rings is 1. The maximum absolute atomic E-state index is 14.2. The molecule has 5 rings (SSSR count). The highest BCUT2D eigenvalue weighted by Gasteiger charge is 2.56. The number of para-hydroxylation sites is 2. The molecule has 1 N–H and O–H groups in total. The summed E-state index contributed by atoms with van der Waals surface area (Å²) in [5.41, 5.74) is 2.56. The zero-order valence-electron chi connectivity index (χ0n) is 23.4. The number of amides is 2. The second-order valence-corrected chi connectivity index (χ2v) is 10.4. The first-order valence-corrected chi connectivity index (χ1v) is 14.0. The topological polar surface area (TPSA) is 84.1 Å². The minimum Gasteiger partial charge on any atom is -0.493 e. The molecular weight excluding hydrogens is 494 g/mol. The van der Waals surface area contributed by atoms with Crippen LogP contribution in [0.15, 0.2) is 42.5 Å². The van der Waals surface area contributed by atoms with Gasteiger partial charge in [-0.1, -0.05) is 43.7 Å². The van der Waals surface area contributed by atoms with Crippen LogP contribution in [0, 0.1) is 0 Å². The molecule has 2 atom stereocenters. The van der Waals surface area contributed by atoms with E-state index in [0.29, 0.717) is 44.2 Å². The summed E-state index contributed by atoms with van der Waals surface area (Å²) in [5.74, 6) is 1.01. The summed E-state index contributed by atoms with van der Waals surface area (Å²) in [7, 11) is 1.63. The molecule has 3 heterocycles. The molecule has 208 valence electrons. The number of carbonyl (C=O) groups is 2. The molecule has 2 amide bonds. The zero-order chi connectivity index (χ0) is 27.6. The molecule has 1 saturated heterocycles. The molecule has 1 aromatic heterocycles. The molecule has 0 radical (unpaired) electrons. The maximum Gasteiger partial charge on any atom is 0.254 e. The van der Waals surface area contributed by atoms with E-state index in [1.807, 2.05) is 50.2 Å². The Hall–Kier alpha value is -3.52. The van der Waals surface area contributed by atoms with Gasteiger partial charge in [-0.2, -0.15) is 0 Å². The maximum atomic E-state index is 14.2. The quantitative estimate of drug-likeness (QED) is 0.358. The molecule has 2 aromatic carbocycles. The highest BCUT2D eigenvalue weighted by Crippen LogP contribution is 2.50. The summed E-state index contributed by atoms with van der Waals surface area (Å²) in [4.78, 5) is 34.9. The lowest BCUT2D eigenvalue weighted by molar-refractivity contribution is -0.166. The van der Waals surface area contributed by atoms with Crippen LogP contribution in [0.4, 0.5) is 0 Å². The lowest BCUT2D eigenvalue weighted by Gasteiger charge is -2.51. The van der Waals surface area contributed by atoms with Crippen LogP contribution in [0.25, 0.3) is 10.9 Å². The molecule has 0 aliphatic carbocycles. The summed E-state index contributed by atoms with van der Waals surface area (Å²) in [6.45, 7) is 8.68. The Morgan fingerprint density at radius 1 is 1.05 bits per heavy atom. The Bertz CT molecular complexity index is 1350. The van der Waals surface area contributed by atoms with Gasteiger partial charge < -0.3 is 29.0 Å². The van der Waals surface area contributed by atoms with Crippen LogP contribution in [0.5, 0.6) is 11.5 Å². The fourth-order valence-electron chi connectivity index (χ4n) is 6.11. The molecule has 0 bridgehead atoms. The van der Waals surface area contributed by atoms with Crippen molar-refractivity contribution in [2.45, 2.75) is 51.5 Å². The van der Waals surface area contributed by atoms with Gasteiger partial charge in [0, 0.05) is 48.7 Å². The van der Waals surface area contributed by atoms with E-state index in [9.17, 15) is 9.59 Å². The Balaban J connectivity index is 1.57. The van der Waals surface area contributed by atoms with Gasteiger partial charge in [0.15, 0.2) is 17.0 Å². The first kappa shape index (κ1) is 27.1. The van der Waals surface area contributed by atoms with E-state index in [4.69, 9.17) is 14.2 Å². The van der Waals surface area contributed by atoms with Crippen LogP contribution in [0.1, 0.15) is 62.8 Å². The van der Waals surface area contributed by atoms with Gasteiger partial charge in [0.2, 0.25) is 5.91 Å². The van der Waals surface area contributed by atoms with Crippen LogP contribution in [-0.4, -0.2) is 73.2 Å². The second-order valence-electron chi connectivity index (χ2n) is 10.4. The third-order valence-corrected chi connectivity index (χ3v) is 8.07. The fourth-order valence-corrected chi connectivity index (χ4v) is 6.11. The molecule has 39 heavy (non-hydrogen) atoms. The van der Waals surface area contributed by atoms with Gasteiger partial charge in [0.1, 0.15) is 0 Å². The van der Waals surface area contributed by atoms with Crippen LogP contribution in [-0.2, 0) is 19.9 Å². The number of nitrogens with zero attached hydrogens (tertiary/aromatic N) is 2. The molecule has 3 aromatic rings. The number of benzene rings is 2. The van der Waals surface area contributed by atoms with Gasteiger partial charge in [0.25, 0.3) is 5.91 Å². The van der Waals surface area contributed by atoms with Gasteiger partial charge in [-0.3, -0.25) is 9.59 Å². The molecule has 8 heteroatoms. The van der Waals surface area contributed by atoms with E-state index in [-0.39, 0.29) is 24.3 Å². The Morgan fingerprint density at radius 2 is 1.85 bits per heavy atom. The summed E-state index contributed by atoms with van der Waals surface area (Å²) in [5, 5.41) is 1.05. The highest BCUT2D eigenvalue weighted by molar-refractivity contribution is 6.01. The number of aromatic amines is 1. The molecule has 8 nitrogen and oxygen atoms in total. The fraction of sp³-hybridized carbons (Fsp3) is 0.484. The van der Waals surface area contributed by atoms with E-state index in [1.54, 1.807) is 16.9 Å². The molecule has 0 saturated carbocycles. The number of carbonyl (C=O) groups excluding carboxylic acids is 2. The Labute approximate surface area is 230 Å². The largest absolute Gasteiger partial charge is 0.493 e. The predicted octanol–water partition coefficient (Wildman–Crippen LogP) is 4.81. The van der Waals surface area contributed by atoms with Crippen molar-refractivity contribution in [1.29, 1.82) is 0 Å². The minimum absolute atomic E-state index is 0.0563. The van der Waals surface area contributed by atoms with Crippen molar-refractivity contribution in [1.82, 2.24) is 14.8 Å². The van der Waals surface area contributed by atoms with Crippen LogP contribution in [0.2, 0.25) is 0 Å². The molecule has 2 aliphatic rings. The van der Waals surface area contributed by atoms with Crippen molar-refractivity contribution in [3.8, 4) is 11.5 Å². The number of unbranched alkanes of at least 4 members (excludes halogenated alkanes) is 1. The highest BCUT2D eigenvalue weighted by atomic mass is 16.5. The number of aromatic nitrogens is 1. The third-order valence-electron chi connectivity index (χ3n) is 8.07. The standard InChI is InChI=1S/C31H39N3O5/c1-5-7-17-38-18-11-16-33-20-26(35)34-19-23(21-13-10-15-25(37-4)28(21)39-6-2)27-22-12-8-9-14-24(22)32-29(27)31(34,3)30(33)36/h8-10,12-15,23,32H,5-7,11,16-20H2,1-4H3. The molecule has 2 aliphatic heterocycles. The number of hydrogen-bond acceptors (Lipinski definition) is 5. The van der Waals surface area contributed by atoms with Gasteiger partial charge in [-0.05, 0) is 44.4 Å². The Morgan fingerprint density at radius 3 is 2.62 bits per heavy atom. The lowest BCUT2D eigenvalue weighted by atomic mass is 9.76. The number of rotatable bonds is 11. The minimum atomic E-state index is -1.13. The lowest BCUT2D eigenvalue weighted by Crippen LogP contribution is -2.67. The predicted molar refractivity (Wildman–Crippen MR) is 150 cm³/mol. The number of nitrogens with one attached hydrogen (secondary N) is 1. The number of fused-ring (bicyclic) bond motifs is 5. The normalized spacial score (nSPS) is 20.8. The van der Waals surface area contributed by atoms with Gasteiger partial charge in [0.05, 0.1) is 26.0 Å². The van der Waals surface area contributed by atoms with E-state index >= 15 is 0 Å². The van der Waals surface area contributed by atoms with Crippen LogP contribution >= 0.6 is 0 Å². The number of H-pyrrole nitrogens is 1. The smallest absolute Gasteiger partial charge is 0.254 e. The van der Waals surface area contributed by atoms with Crippen molar-refractivity contribution >= 4 is 22.7 Å². The molecule has 1 fully saturated rings. The number of ether oxygens (including phenoxy) is 3. The summed E-state index contributed by atoms with van der Waals surface area (Å²) in [6, 6.07) is 14.0. The van der Waals surface area contributed by atoms with Crippen LogP contribution in [0.3, 0.4) is 0 Å². The van der Waals surface area contributed by atoms with E-state index < -0.39 is 5.54 Å². The summed E-state index contributed by atoms with van der Waals surface area (Å²) in [6.07, 6.45) is 2.81. The van der Waals surface area contributed by atoms with E-state index in [2.05, 4.69) is 18.0 Å². The van der Waals surface area contributed by atoms with Crippen molar-refractivity contribution in [3.05, 3.63) is 59.3 Å². The monoisotopic (exact) mass is 533 g/mol. The van der Waals surface area contributed by atoms with Crippen molar-refractivity contribution < 1.29 is 23.8 Å². The zero-order valence-corrected chi connectivity index (χ0v) is 23.4. The average Bonchev–Trinajstić information content (AvgIpc) is 3.34. The van der Waals surface area contributed by atoms with Crippen molar-refractivity contribution in [3.63, 3.8) is 0 Å². The second kappa shape index (κ2) is 11.3. The number of methoxy groups -OCH3 is 1. The first-order valence-electron chi connectivity index (χ1n) is 14.0. The third kappa shape index (κ3) is 4.65. The number of hydrogen-bond donors (Lipinski definition) is 1. The summed E-state index contributed by atoms with van der Waals surface area (Å²) < 4.78 is 17.5. The van der Waals surface area contributed by atoms with Crippen molar-refractivity contribution in [2.24, 2.45) is 0 Å². The van der Waals surface area contributed by atoms with E-state index in [1.165, 1.54) is 0 Å². The SMILES string of the molecule is CCCCOCCCN1CC(=O)N2CC(c3cccc(OC)c3OCC)c3c([nH]c4ccccc34)C2(C)C1=O. The first-order chi connectivity index (χ1) is 18.9. The van der Waals surface area contributed by atoms with Gasteiger partial charge in [-0.15, -0.1) is 0 Å². The van der Waals surface area contributed by atoms with E-state index in [0.717, 1.165) is 47.2 Å². The molecule has 2 unspecified atom stereocenters. The average molecular weight is 534 g/mol. The molecular formula is C31H39N3O5. The molecule has 0 spiro atoms. The van der Waals surface area contributed by atoms with Crippen molar-refractivity contribution in [2.75, 3.05) is 46.6 Å². The van der Waals surface area contributed by atoms with Gasteiger partial charge in [-0.25, -0.2) is 0 Å². The van der Waals surface area contributed by atoms with Crippen LogP contribution < -0.4 is 9.47 Å².